The number of hydrogen-bond acceptors (Lipinski definition) is 5. The van der Waals surface area contributed by atoms with Gasteiger partial charge in [-0.15, -0.1) is 0 Å². The number of anilines is 1. The van der Waals surface area contributed by atoms with Crippen LogP contribution in [0.2, 0.25) is 0 Å². The van der Waals surface area contributed by atoms with Crippen LogP contribution < -0.4 is 10.5 Å². The predicted molar refractivity (Wildman–Crippen MR) is 75.0 cm³/mol. The highest BCUT2D eigenvalue weighted by Gasteiger charge is 2.03. The highest BCUT2D eigenvalue weighted by Crippen LogP contribution is 2.24. The second kappa shape index (κ2) is 5.36. The molecule has 0 amide bonds. The average Bonchev–Trinajstić information content (AvgIpc) is 2.51. The highest BCUT2D eigenvalue weighted by atomic mass is 16.5. The average molecular weight is 263 g/mol. The fourth-order valence-electron chi connectivity index (χ4n) is 1.69. The summed E-state index contributed by atoms with van der Waals surface area (Å²) >= 11 is 0. The molecule has 5 heteroatoms. The van der Waals surface area contributed by atoms with E-state index in [0.717, 1.165) is 11.3 Å². The molecule has 3 rings (SSSR count). The third-order valence-corrected chi connectivity index (χ3v) is 2.64. The maximum Gasteiger partial charge on any atom is 0.145 e. The Balaban J connectivity index is 1.86. The predicted octanol–water partition coefficient (Wildman–Crippen LogP) is 2.71. The third kappa shape index (κ3) is 2.72. The van der Waals surface area contributed by atoms with E-state index in [1.807, 2.05) is 12.1 Å². The van der Waals surface area contributed by atoms with Crippen molar-refractivity contribution in [2.75, 3.05) is 5.73 Å². The van der Waals surface area contributed by atoms with Gasteiger partial charge in [-0.05, 0) is 30.3 Å². The van der Waals surface area contributed by atoms with Crippen molar-refractivity contribution in [2.45, 2.75) is 0 Å². The first kappa shape index (κ1) is 12.1. The number of hydrogen-bond donors (Lipinski definition) is 1. The Labute approximate surface area is 116 Å². The molecule has 0 bridgehead atoms. The van der Waals surface area contributed by atoms with Crippen LogP contribution in [0.15, 0.2) is 55.0 Å². The third-order valence-electron chi connectivity index (χ3n) is 2.64. The Hall–Kier alpha value is -2.95. The molecule has 3 aromatic rings. The molecule has 0 saturated carbocycles. The molecule has 3 aromatic heterocycles. The summed E-state index contributed by atoms with van der Waals surface area (Å²) in [7, 11) is 0. The lowest BCUT2D eigenvalue weighted by atomic mass is 10.2. The van der Waals surface area contributed by atoms with Gasteiger partial charge in [0.25, 0.3) is 0 Å². The van der Waals surface area contributed by atoms with Crippen LogP contribution in [-0.2, 0) is 0 Å². The standard InChI is InChI=1S/C15H11N4O/c16-15-4-3-13(10-19-15)20-12-5-7-18-14(8-12)11-2-1-6-17-9-11/h1-5,7-10H,(H2,16,19). The normalized spacial score (nSPS) is 10.2. The van der Waals surface area contributed by atoms with Crippen molar-refractivity contribution in [2.24, 2.45) is 0 Å². The molecule has 0 aliphatic carbocycles. The van der Waals surface area contributed by atoms with Crippen molar-refractivity contribution >= 4 is 5.82 Å². The van der Waals surface area contributed by atoms with Crippen LogP contribution in [0.4, 0.5) is 5.82 Å². The zero-order valence-electron chi connectivity index (χ0n) is 10.5. The fourth-order valence-corrected chi connectivity index (χ4v) is 1.69. The molecule has 5 nitrogen and oxygen atoms in total. The molecular formula is C15H11N4O. The summed E-state index contributed by atoms with van der Waals surface area (Å²) < 4.78 is 5.71. The Kier molecular flexibility index (Phi) is 3.24. The number of aromatic nitrogens is 3. The number of nitrogen functional groups attached to an aromatic ring is 1. The van der Waals surface area contributed by atoms with Gasteiger partial charge in [-0.1, -0.05) is 0 Å². The molecule has 0 aliphatic heterocycles. The number of pyridine rings is 3. The summed E-state index contributed by atoms with van der Waals surface area (Å²) in [5, 5.41) is 0. The smallest absolute Gasteiger partial charge is 0.145 e. The summed E-state index contributed by atoms with van der Waals surface area (Å²) in [5.41, 5.74) is 7.23. The second-order valence-corrected chi connectivity index (χ2v) is 4.07. The van der Waals surface area contributed by atoms with Crippen molar-refractivity contribution in [3.63, 3.8) is 0 Å². The topological polar surface area (TPSA) is 73.9 Å². The molecule has 0 atom stereocenters. The molecule has 0 fully saturated rings. The van der Waals surface area contributed by atoms with Gasteiger partial charge in [0.15, 0.2) is 0 Å². The highest BCUT2D eigenvalue weighted by molar-refractivity contribution is 5.59. The zero-order chi connectivity index (χ0) is 13.8. The van der Waals surface area contributed by atoms with Crippen LogP contribution in [-0.4, -0.2) is 15.0 Å². The molecule has 0 spiro atoms. The quantitative estimate of drug-likeness (QED) is 0.786. The summed E-state index contributed by atoms with van der Waals surface area (Å²) in [6.45, 7) is 0. The molecule has 0 saturated heterocycles. The Morgan fingerprint density at radius 2 is 1.95 bits per heavy atom. The number of nitrogens with zero attached hydrogens (tertiary/aromatic N) is 3. The molecule has 3 heterocycles. The van der Waals surface area contributed by atoms with E-state index in [4.69, 9.17) is 10.5 Å². The second-order valence-electron chi connectivity index (χ2n) is 4.07. The minimum atomic E-state index is 0.458. The van der Waals surface area contributed by atoms with Crippen LogP contribution in [0.25, 0.3) is 11.3 Å². The monoisotopic (exact) mass is 263 g/mol. The van der Waals surface area contributed by atoms with E-state index in [-0.39, 0.29) is 0 Å². The summed E-state index contributed by atoms with van der Waals surface area (Å²) in [6.07, 6.45) is 7.70. The van der Waals surface area contributed by atoms with E-state index in [1.54, 1.807) is 42.9 Å². The minimum absolute atomic E-state index is 0.458. The van der Waals surface area contributed by atoms with Crippen molar-refractivity contribution < 1.29 is 4.74 Å². The number of nitrogens with two attached hydrogens (primary N) is 1. The molecule has 0 aromatic carbocycles. The number of ether oxygens (including phenoxy) is 1. The fraction of sp³-hybridized carbons (Fsp3) is 0. The zero-order valence-corrected chi connectivity index (χ0v) is 10.5. The van der Waals surface area contributed by atoms with Gasteiger partial charge in [-0.3, -0.25) is 9.97 Å². The van der Waals surface area contributed by atoms with E-state index in [9.17, 15) is 0 Å². The first-order valence-electron chi connectivity index (χ1n) is 5.99. The molecule has 0 aliphatic rings. The Morgan fingerprint density at radius 1 is 1.00 bits per heavy atom. The summed E-state index contributed by atoms with van der Waals surface area (Å²) in [5.74, 6) is 1.75. The van der Waals surface area contributed by atoms with E-state index < -0.39 is 0 Å². The first-order chi connectivity index (χ1) is 9.81. The van der Waals surface area contributed by atoms with Crippen LogP contribution in [0.1, 0.15) is 0 Å². The van der Waals surface area contributed by atoms with Crippen molar-refractivity contribution in [3.8, 4) is 22.8 Å². The van der Waals surface area contributed by atoms with Crippen LogP contribution in [0.3, 0.4) is 0 Å². The van der Waals surface area contributed by atoms with Gasteiger partial charge in [-0.2, -0.15) is 0 Å². The molecule has 2 N–H and O–H groups in total. The van der Waals surface area contributed by atoms with E-state index in [0.29, 0.717) is 17.3 Å². The lowest BCUT2D eigenvalue weighted by Gasteiger charge is -2.07. The van der Waals surface area contributed by atoms with Crippen molar-refractivity contribution in [1.82, 2.24) is 15.0 Å². The van der Waals surface area contributed by atoms with Crippen LogP contribution in [0, 0.1) is 6.20 Å². The molecule has 97 valence electrons. The maximum absolute atomic E-state index is 5.71. The largest absolute Gasteiger partial charge is 0.456 e. The number of rotatable bonds is 3. The van der Waals surface area contributed by atoms with Gasteiger partial charge >= 0.3 is 0 Å². The van der Waals surface area contributed by atoms with Gasteiger partial charge in [0.2, 0.25) is 0 Å². The van der Waals surface area contributed by atoms with Gasteiger partial charge in [0, 0.05) is 24.0 Å². The van der Waals surface area contributed by atoms with Crippen molar-refractivity contribution in [3.05, 3.63) is 61.2 Å². The van der Waals surface area contributed by atoms with Crippen molar-refractivity contribution in [1.29, 1.82) is 0 Å². The lowest BCUT2D eigenvalue weighted by molar-refractivity contribution is 0.480. The van der Waals surface area contributed by atoms with Crippen LogP contribution in [0.5, 0.6) is 11.5 Å². The lowest BCUT2D eigenvalue weighted by Crippen LogP contribution is -1.91. The molecule has 20 heavy (non-hydrogen) atoms. The van der Waals surface area contributed by atoms with Gasteiger partial charge < -0.3 is 10.5 Å². The minimum Gasteiger partial charge on any atom is -0.456 e. The summed E-state index contributed by atoms with van der Waals surface area (Å²) in [6, 6.07) is 10.7. The first-order valence-corrected chi connectivity index (χ1v) is 5.99. The van der Waals surface area contributed by atoms with Gasteiger partial charge in [-0.25, -0.2) is 4.98 Å². The van der Waals surface area contributed by atoms with E-state index in [1.165, 1.54) is 0 Å². The molecule has 0 unspecified atom stereocenters. The maximum atomic E-state index is 5.71. The summed E-state index contributed by atoms with van der Waals surface area (Å²) in [4.78, 5) is 12.2. The van der Waals surface area contributed by atoms with Crippen LogP contribution >= 0.6 is 0 Å². The SMILES string of the molecule is Nc1ccc(Oc2ccnc(-c3cc[c]nc3)c2)cn1. The van der Waals surface area contributed by atoms with E-state index >= 15 is 0 Å². The molecular weight excluding hydrogens is 252 g/mol. The Bertz CT molecular complexity index is 699. The van der Waals surface area contributed by atoms with Gasteiger partial charge in [0.1, 0.15) is 17.3 Å². The van der Waals surface area contributed by atoms with Gasteiger partial charge in [0.05, 0.1) is 18.1 Å². The molecule has 1 radical (unpaired) electrons. The van der Waals surface area contributed by atoms with E-state index in [2.05, 4.69) is 21.1 Å². The Morgan fingerprint density at radius 3 is 2.70 bits per heavy atom.